The summed E-state index contributed by atoms with van der Waals surface area (Å²) in [7, 11) is 3.56. The van der Waals surface area contributed by atoms with Crippen molar-refractivity contribution < 1.29 is 14.0 Å². The zero-order valence-corrected chi connectivity index (χ0v) is 15.0. The van der Waals surface area contributed by atoms with E-state index in [0.29, 0.717) is 31.5 Å². The van der Waals surface area contributed by atoms with Crippen LogP contribution in [0.15, 0.2) is 11.4 Å². The average molecular weight is 353 g/mol. The Morgan fingerprint density at radius 3 is 2.38 bits per heavy atom. The second-order valence-corrected chi connectivity index (χ2v) is 7.89. The van der Waals surface area contributed by atoms with Gasteiger partial charge in [-0.15, -0.1) is 11.3 Å². The third-order valence-electron chi connectivity index (χ3n) is 5.16. The van der Waals surface area contributed by atoms with Gasteiger partial charge in [0.15, 0.2) is 0 Å². The predicted octanol–water partition coefficient (Wildman–Crippen LogP) is 1.76. The van der Waals surface area contributed by atoms with Crippen molar-refractivity contribution in [1.29, 1.82) is 0 Å². The molecule has 132 valence electrons. The van der Waals surface area contributed by atoms with Crippen molar-refractivity contribution in [3.8, 4) is 0 Å². The first kappa shape index (κ1) is 17.4. The fraction of sp³-hybridized carbons (Fsp3) is 0.647. The maximum absolute atomic E-state index is 13.6. The van der Waals surface area contributed by atoms with Gasteiger partial charge in [0.25, 0.3) is 5.91 Å². The summed E-state index contributed by atoms with van der Waals surface area (Å²) in [6, 6.07) is 1.35. The van der Waals surface area contributed by atoms with E-state index < -0.39 is 5.82 Å². The minimum Gasteiger partial charge on any atom is -0.348 e. The number of rotatable bonds is 3. The number of hydrogen-bond acceptors (Lipinski definition) is 4. The van der Waals surface area contributed by atoms with Crippen LogP contribution < -0.4 is 0 Å². The van der Waals surface area contributed by atoms with E-state index in [9.17, 15) is 14.0 Å². The highest BCUT2D eigenvalue weighted by atomic mass is 32.1. The van der Waals surface area contributed by atoms with Crippen LogP contribution in [0.3, 0.4) is 0 Å². The molecular weight excluding hydrogens is 329 g/mol. The van der Waals surface area contributed by atoms with Gasteiger partial charge in [-0.3, -0.25) is 14.5 Å². The molecule has 1 aromatic rings. The first-order valence-corrected chi connectivity index (χ1v) is 9.28. The van der Waals surface area contributed by atoms with Crippen molar-refractivity contribution >= 4 is 23.2 Å². The summed E-state index contributed by atoms with van der Waals surface area (Å²) in [6.45, 7) is 3.65. The molecule has 3 heterocycles. The Balaban J connectivity index is 1.57. The Bertz CT molecular complexity index is 603. The molecule has 2 aliphatic heterocycles. The molecular formula is C17H24FN3O2S. The van der Waals surface area contributed by atoms with E-state index in [1.54, 1.807) is 24.4 Å². The number of fused-ring (bicyclic) bond motifs is 1. The molecule has 2 amide bonds. The van der Waals surface area contributed by atoms with E-state index in [1.807, 2.05) is 4.90 Å². The van der Waals surface area contributed by atoms with E-state index in [-0.39, 0.29) is 16.7 Å². The summed E-state index contributed by atoms with van der Waals surface area (Å²) < 4.78 is 13.6. The van der Waals surface area contributed by atoms with Crippen LogP contribution in [0.1, 0.15) is 22.5 Å². The summed E-state index contributed by atoms with van der Waals surface area (Å²) in [5.41, 5.74) is 0. The summed E-state index contributed by atoms with van der Waals surface area (Å²) in [6.07, 6.45) is 1.98. The number of carbonyl (C=O) groups is 2. The van der Waals surface area contributed by atoms with Crippen LogP contribution in [0.4, 0.5) is 4.39 Å². The summed E-state index contributed by atoms with van der Waals surface area (Å²) >= 11 is 1.18. The zero-order chi connectivity index (χ0) is 17.3. The Morgan fingerprint density at radius 2 is 1.88 bits per heavy atom. The minimum absolute atomic E-state index is 0.132. The number of carbonyl (C=O) groups excluding carboxylic acids is 2. The molecule has 7 heteroatoms. The number of likely N-dealkylation sites (N-methyl/N-ethyl adjacent to an activating group) is 1. The average Bonchev–Trinajstić information content (AvgIpc) is 3.11. The third kappa shape index (κ3) is 3.62. The summed E-state index contributed by atoms with van der Waals surface area (Å²) in [4.78, 5) is 30.2. The van der Waals surface area contributed by atoms with Crippen molar-refractivity contribution in [1.82, 2.24) is 14.7 Å². The summed E-state index contributed by atoms with van der Waals surface area (Å²) in [5.74, 6) is 0.459. The van der Waals surface area contributed by atoms with Crippen molar-refractivity contribution in [3.05, 3.63) is 22.1 Å². The molecule has 0 radical (unpaired) electrons. The normalized spacial score (nSPS) is 24.5. The molecule has 5 nitrogen and oxygen atoms in total. The van der Waals surface area contributed by atoms with Crippen molar-refractivity contribution in [2.45, 2.75) is 12.8 Å². The van der Waals surface area contributed by atoms with Crippen LogP contribution in [0, 0.1) is 17.7 Å². The molecule has 0 unspecified atom stereocenters. The van der Waals surface area contributed by atoms with E-state index >= 15 is 0 Å². The smallest absolute Gasteiger partial charge is 0.266 e. The number of likely N-dealkylation sites (tertiary alicyclic amines) is 2. The largest absolute Gasteiger partial charge is 0.348 e. The van der Waals surface area contributed by atoms with Gasteiger partial charge in [-0.25, -0.2) is 4.39 Å². The first-order valence-electron chi connectivity index (χ1n) is 8.40. The molecule has 2 aliphatic rings. The van der Waals surface area contributed by atoms with Gasteiger partial charge in [-0.2, -0.15) is 0 Å². The maximum Gasteiger partial charge on any atom is 0.266 e. The maximum atomic E-state index is 13.6. The quantitative estimate of drug-likeness (QED) is 0.832. The minimum atomic E-state index is -0.412. The molecule has 24 heavy (non-hydrogen) atoms. The Hall–Kier alpha value is -1.47. The van der Waals surface area contributed by atoms with Gasteiger partial charge in [-0.05, 0) is 49.2 Å². The fourth-order valence-corrected chi connectivity index (χ4v) is 4.38. The molecule has 2 saturated heterocycles. The van der Waals surface area contributed by atoms with Crippen LogP contribution in [0.25, 0.3) is 0 Å². The molecule has 2 atom stereocenters. The lowest BCUT2D eigenvalue weighted by molar-refractivity contribution is -0.129. The highest BCUT2D eigenvalue weighted by Gasteiger charge is 2.38. The number of thiophene rings is 1. The van der Waals surface area contributed by atoms with Crippen LogP contribution in [0.2, 0.25) is 0 Å². The SMILES string of the molecule is CN(C)C(=O)CN1CC[C@@H]2CN(C(=O)c3sccc3F)C[C@@H]2CC1. The van der Waals surface area contributed by atoms with Gasteiger partial charge in [0.1, 0.15) is 10.7 Å². The zero-order valence-electron chi connectivity index (χ0n) is 14.2. The number of nitrogens with zero attached hydrogens (tertiary/aromatic N) is 3. The second-order valence-electron chi connectivity index (χ2n) is 6.97. The van der Waals surface area contributed by atoms with Crippen LogP contribution in [-0.2, 0) is 4.79 Å². The number of hydrogen-bond donors (Lipinski definition) is 0. The third-order valence-corrected chi connectivity index (χ3v) is 6.04. The van der Waals surface area contributed by atoms with Crippen LogP contribution in [-0.4, -0.2) is 73.3 Å². The van der Waals surface area contributed by atoms with E-state index in [2.05, 4.69) is 4.90 Å². The topological polar surface area (TPSA) is 43.9 Å². The number of amides is 2. The molecule has 2 fully saturated rings. The molecule has 0 N–H and O–H groups in total. The summed E-state index contributed by atoms with van der Waals surface area (Å²) in [5, 5.41) is 1.62. The van der Waals surface area contributed by atoms with Crippen molar-refractivity contribution in [2.75, 3.05) is 46.8 Å². The fourth-order valence-electron chi connectivity index (χ4n) is 3.65. The molecule has 3 rings (SSSR count). The predicted molar refractivity (Wildman–Crippen MR) is 91.5 cm³/mol. The Labute approximate surface area is 146 Å². The highest BCUT2D eigenvalue weighted by Crippen LogP contribution is 2.33. The molecule has 0 aliphatic carbocycles. The Morgan fingerprint density at radius 1 is 1.25 bits per heavy atom. The van der Waals surface area contributed by atoms with Gasteiger partial charge in [0.05, 0.1) is 6.54 Å². The lowest BCUT2D eigenvalue weighted by Crippen LogP contribution is -2.37. The molecule has 1 aromatic heterocycles. The van der Waals surface area contributed by atoms with Gasteiger partial charge in [0.2, 0.25) is 5.91 Å². The van der Waals surface area contributed by atoms with Gasteiger partial charge < -0.3 is 9.80 Å². The van der Waals surface area contributed by atoms with E-state index in [4.69, 9.17) is 0 Å². The molecule has 0 aromatic carbocycles. The van der Waals surface area contributed by atoms with Gasteiger partial charge >= 0.3 is 0 Å². The second kappa shape index (κ2) is 7.19. The van der Waals surface area contributed by atoms with Crippen LogP contribution in [0.5, 0.6) is 0 Å². The lowest BCUT2D eigenvalue weighted by Gasteiger charge is -2.22. The van der Waals surface area contributed by atoms with Gasteiger partial charge in [-0.1, -0.05) is 0 Å². The van der Waals surface area contributed by atoms with Gasteiger partial charge in [0, 0.05) is 27.2 Å². The Kier molecular flexibility index (Phi) is 5.20. The molecule has 0 saturated carbocycles. The van der Waals surface area contributed by atoms with E-state index in [0.717, 1.165) is 25.9 Å². The standard InChI is InChI=1S/C17H24FN3O2S/c1-19(2)15(22)11-20-6-3-12-9-21(10-13(12)4-7-20)17(23)16-14(18)5-8-24-16/h5,8,12-13H,3-4,6-7,9-11H2,1-2H3/t12-,13+. The lowest BCUT2D eigenvalue weighted by atomic mass is 9.92. The monoisotopic (exact) mass is 353 g/mol. The highest BCUT2D eigenvalue weighted by molar-refractivity contribution is 7.12. The first-order chi connectivity index (χ1) is 11.5. The molecule has 0 spiro atoms. The number of halogens is 1. The molecule has 0 bridgehead atoms. The van der Waals surface area contributed by atoms with Crippen molar-refractivity contribution in [2.24, 2.45) is 11.8 Å². The van der Waals surface area contributed by atoms with E-state index in [1.165, 1.54) is 17.4 Å². The van der Waals surface area contributed by atoms with Crippen LogP contribution >= 0.6 is 11.3 Å². The van der Waals surface area contributed by atoms with Crippen molar-refractivity contribution in [3.63, 3.8) is 0 Å².